The molecule has 1 aromatic carbocycles. The first kappa shape index (κ1) is 18.7. The molecule has 0 aliphatic rings. The Hall–Kier alpha value is -1.38. The van der Waals surface area contributed by atoms with E-state index in [2.05, 4.69) is 15.5 Å². The molecular formula is C14H24N4O2S2. The van der Waals surface area contributed by atoms with E-state index in [4.69, 9.17) is 12.2 Å². The van der Waals surface area contributed by atoms with Crippen LogP contribution >= 0.6 is 12.2 Å². The smallest absolute Gasteiger partial charge is 0.231 e. The lowest BCUT2D eigenvalue weighted by atomic mass is 10.3. The van der Waals surface area contributed by atoms with E-state index in [9.17, 15) is 8.42 Å². The Morgan fingerprint density at radius 1 is 1.27 bits per heavy atom. The van der Waals surface area contributed by atoms with E-state index in [-0.39, 0.29) is 0 Å². The zero-order valence-corrected chi connectivity index (χ0v) is 15.1. The van der Waals surface area contributed by atoms with Crippen molar-refractivity contribution in [2.75, 3.05) is 50.1 Å². The fraction of sp³-hybridized carbons (Fsp3) is 0.500. The van der Waals surface area contributed by atoms with E-state index in [0.29, 0.717) is 10.8 Å². The molecule has 0 heterocycles. The third kappa shape index (κ3) is 6.59. The van der Waals surface area contributed by atoms with Gasteiger partial charge in [-0.15, -0.1) is 0 Å². The number of sulfonamides is 1. The molecule has 0 bridgehead atoms. The quantitative estimate of drug-likeness (QED) is 0.575. The molecule has 124 valence electrons. The van der Waals surface area contributed by atoms with Gasteiger partial charge >= 0.3 is 0 Å². The highest BCUT2D eigenvalue weighted by molar-refractivity contribution is 7.92. The number of nitrogens with zero attached hydrogens (tertiary/aromatic N) is 2. The molecule has 1 aromatic rings. The Bertz CT molecular complexity index is 603. The SMILES string of the molecule is CN(C)CCCNC(=S)Nc1cccc(N(C)S(C)(=O)=O)c1. The average Bonchev–Trinajstić information content (AvgIpc) is 2.42. The van der Waals surface area contributed by atoms with Crippen molar-refractivity contribution in [1.29, 1.82) is 0 Å². The van der Waals surface area contributed by atoms with Crippen molar-refractivity contribution in [3.05, 3.63) is 24.3 Å². The monoisotopic (exact) mass is 344 g/mol. The van der Waals surface area contributed by atoms with Gasteiger partial charge in [0.25, 0.3) is 0 Å². The summed E-state index contributed by atoms with van der Waals surface area (Å²) in [4.78, 5) is 2.11. The van der Waals surface area contributed by atoms with Gasteiger partial charge in [-0.3, -0.25) is 4.31 Å². The molecule has 0 saturated carbocycles. The van der Waals surface area contributed by atoms with Crippen LogP contribution in [-0.2, 0) is 10.0 Å². The molecule has 8 heteroatoms. The van der Waals surface area contributed by atoms with Crippen molar-refractivity contribution in [3.8, 4) is 0 Å². The van der Waals surface area contributed by atoms with Gasteiger partial charge in [0, 0.05) is 19.3 Å². The molecular weight excluding hydrogens is 320 g/mol. The first-order valence-electron chi connectivity index (χ1n) is 6.93. The van der Waals surface area contributed by atoms with Crippen LogP contribution in [0.25, 0.3) is 0 Å². The molecule has 2 N–H and O–H groups in total. The summed E-state index contributed by atoms with van der Waals surface area (Å²) in [7, 11) is 2.30. The number of hydrogen-bond donors (Lipinski definition) is 2. The first-order valence-corrected chi connectivity index (χ1v) is 9.19. The lowest BCUT2D eigenvalue weighted by Crippen LogP contribution is -2.31. The van der Waals surface area contributed by atoms with Crippen LogP contribution in [0.3, 0.4) is 0 Å². The lowest BCUT2D eigenvalue weighted by Gasteiger charge is -2.18. The van der Waals surface area contributed by atoms with Crippen molar-refractivity contribution in [1.82, 2.24) is 10.2 Å². The molecule has 0 aliphatic carbocycles. The molecule has 6 nitrogen and oxygen atoms in total. The van der Waals surface area contributed by atoms with Crippen LogP contribution in [0.15, 0.2) is 24.3 Å². The number of hydrogen-bond acceptors (Lipinski definition) is 4. The Labute approximate surface area is 138 Å². The molecule has 0 aromatic heterocycles. The average molecular weight is 345 g/mol. The summed E-state index contributed by atoms with van der Waals surface area (Å²) in [6.07, 6.45) is 2.16. The summed E-state index contributed by atoms with van der Waals surface area (Å²) in [5, 5.41) is 6.72. The summed E-state index contributed by atoms with van der Waals surface area (Å²) in [6, 6.07) is 7.11. The maximum atomic E-state index is 11.6. The van der Waals surface area contributed by atoms with E-state index in [1.165, 1.54) is 17.6 Å². The molecule has 0 fully saturated rings. The third-order valence-electron chi connectivity index (χ3n) is 3.03. The third-order valence-corrected chi connectivity index (χ3v) is 4.48. The highest BCUT2D eigenvalue weighted by Crippen LogP contribution is 2.20. The zero-order valence-electron chi connectivity index (χ0n) is 13.5. The summed E-state index contributed by atoms with van der Waals surface area (Å²) < 4.78 is 24.3. The molecule has 0 spiro atoms. The maximum Gasteiger partial charge on any atom is 0.231 e. The van der Waals surface area contributed by atoms with E-state index in [1.54, 1.807) is 18.2 Å². The second kappa shape index (κ2) is 8.30. The second-order valence-electron chi connectivity index (χ2n) is 5.32. The van der Waals surface area contributed by atoms with Crippen LogP contribution in [0.1, 0.15) is 6.42 Å². The Morgan fingerprint density at radius 3 is 2.55 bits per heavy atom. The van der Waals surface area contributed by atoms with Gasteiger partial charge in [0.1, 0.15) is 0 Å². The Kier molecular flexibility index (Phi) is 7.05. The fourth-order valence-corrected chi connectivity index (χ4v) is 2.46. The van der Waals surface area contributed by atoms with Crippen LogP contribution in [0.4, 0.5) is 11.4 Å². The topological polar surface area (TPSA) is 64.7 Å². The van der Waals surface area contributed by atoms with Crippen LogP contribution in [-0.4, -0.2) is 58.9 Å². The van der Waals surface area contributed by atoms with Crippen LogP contribution < -0.4 is 14.9 Å². The minimum Gasteiger partial charge on any atom is -0.362 e. The molecule has 0 aliphatic heterocycles. The van der Waals surface area contributed by atoms with Gasteiger partial charge in [-0.2, -0.15) is 0 Å². The van der Waals surface area contributed by atoms with Gasteiger partial charge in [0.05, 0.1) is 11.9 Å². The number of benzene rings is 1. The highest BCUT2D eigenvalue weighted by atomic mass is 32.2. The normalized spacial score (nSPS) is 11.3. The lowest BCUT2D eigenvalue weighted by molar-refractivity contribution is 0.400. The molecule has 1 rings (SSSR count). The van der Waals surface area contributed by atoms with E-state index >= 15 is 0 Å². The van der Waals surface area contributed by atoms with Gasteiger partial charge in [0.15, 0.2) is 5.11 Å². The summed E-state index contributed by atoms with van der Waals surface area (Å²) in [5.74, 6) is 0. The van der Waals surface area contributed by atoms with Crippen molar-refractivity contribution in [3.63, 3.8) is 0 Å². The van der Waals surface area contributed by atoms with Crippen molar-refractivity contribution in [2.45, 2.75) is 6.42 Å². The van der Waals surface area contributed by atoms with Gasteiger partial charge in [0.2, 0.25) is 10.0 Å². The van der Waals surface area contributed by atoms with E-state index < -0.39 is 10.0 Å². The van der Waals surface area contributed by atoms with Gasteiger partial charge < -0.3 is 15.5 Å². The summed E-state index contributed by atoms with van der Waals surface area (Å²) >= 11 is 5.23. The summed E-state index contributed by atoms with van der Waals surface area (Å²) in [6.45, 7) is 1.77. The fourth-order valence-electron chi connectivity index (χ4n) is 1.74. The van der Waals surface area contributed by atoms with Crippen LogP contribution in [0.2, 0.25) is 0 Å². The largest absolute Gasteiger partial charge is 0.362 e. The van der Waals surface area contributed by atoms with Gasteiger partial charge in [-0.25, -0.2) is 8.42 Å². The highest BCUT2D eigenvalue weighted by Gasteiger charge is 2.12. The van der Waals surface area contributed by atoms with Crippen LogP contribution in [0.5, 0.6) is 0 Å². The van der Waals surface area contributed by atoms with E-state index in [0.717, 1.165) is 25.2 Å². The van der Waals surface area contributed by atoms with Gasteiger partial charge in [-0.05, 0) is 57.5 Å². The molecule has 0 unspecified atom stereocenters. The predicted molar refractivity (Wildman–Crippen MR) is 97.1 cm³/mol. The molecule has 0 atom stereocenters. The first-order chi connectivity index (χ1) is 10.2. The van der Waals surface area contributed by atoms with Crippen molar-refractivity contribution in [2.24, 2.45) is 0 Å². The number of anilines is 2. The standard InChI is InChI=1S/C14H24N4O2S2/c1-17(2)10-6-9-15-14(21)16-12-7-5-8-13(11-12)18(3)22(4,19)20/h5,7-8,11H,6,9-10H2,1-4H3,(H2,15,16,21). The maximum absolute atomic E-state index is 11.6. The molecule has 22 heavy (non-hydrogen) atoms. The molecule has 0 amide bonds. The van der Waals surface area contributed by atoms with Gasteiger partial charge in [-0.1, -0.05) is 6.07 Å². The second-order valence-corrected chi connectivity index (χ2v) is 7.74. The molecule has 0 radical (unpaired) electrons. The minimum atomic E-state index is -3.27. The van der Waals surface area contributed by atoms with Crippen molar-refractivity contribution >= 4 is 38.7 Å². The number of rotatable bonds is 7. The van der Waals surface area contributed by atoms with E-state index in [1.807, 2.05) is 20.2 Å². The van der Waals surface area contributed by atoms with Crippen molar-refractivity contribution < 1.29 is 8.42 Å². The zero-order chi connectivity index (χ0) is 16.8. The number of thiocarbonyl (C=S) groups is 1. The molecule has 0 saturated heterocycles. The minimum absolute atomic E-state index is 0.526. The van der Waals surface area contributed by atoms with Crippen LogP contribution in [0, 0.1) is 0 Å². The summed E-state index contributed by atoms with van der Waals surface area (Å²) in [5.41, 5.74) is 1.33. The Balaban J connectivity index is 2.58. The predicted octanol–water partition coefficient (Wildman–Crippen LogP) is 1.32. The number of nitrogens with one attached hydrogen (secondary N) is 2. The Morgan fingerprint density at radius 2 is 1.95 bits per heavy atom.